The number of aromatic nitrogens is 1. The van der Waals surface area contributed by atoms with Crippen LogP contribution < -0.4 is 9.64 Å². The second-order valence-electron chi connectivity index (χ2n) is 3.27. The van der Waals surface area contributed by atoms with Crippen molar-refractivity contribution < 1.29 is 18.8 Å². The van der Waals surface area contributed by atoms with Crippen molar-refractivity contribution >= 4 is 17.5 Å². The monoisotopic (exact) mass is 241 g/mol. The number of halogens is 1. The van der Waals surface area contributed by atoms with Gasteiger partial charge in [0.2, 0.25) is 0 Å². The first kappa shape index (κ1) is 11.2. The highest BCUT2D eigenvalue weighted by Crippen LogP contribution is 2.31. The Kier molecular flexibility index (Phi) is 2.86. The van der Waals surface area contributed by atoms with Gasteiger partial charge in [0, 0.05) is 6.07 Å². The number of nitro groups is 1. The number of alkyl halides is 1. The Labute approximate surface area is 95.0 Å². The summed E-state index contributed by atoms with van der Waals surface area (Å²) in [5.41, 5.74) is 0. The molecule has 0 spiro atoms. The first-order chi connectivity index (χ1) is 8.13. The maximum Gasteiger partial charge on any atom is 0.366 e. The Morgan fingerprint density at radius 1 is 1.59 bits per heavy atom. The molecule has 1 aliphatic rings. The van der Waals surface area contributed by atoms with E-state index in [1.165, 1.54) is 12.1 Å². The molecule has 8 heteroatoms. The molecule has 90 valence electrons. The molecule has 0 atom stereocenters. The molecule has 7 nitrogen and oxygen atoms in total. The molecule has 0 aliphatic carbocycles. The van der Waals surface area contributed by atoms with Crippen LogP contribution in [0.4, 0.5) is 16.0 Å². The Balaban J connectivity index is 2.44. The van der Waals surface area contributed by atoms with Crippen LogP contribution in [0.1, 0.15) is 0 Å². The van der Waals surface area contributed by atoms with Gasteiger partial charge in [0.1, 0.15) is 6.67 Å². The van der Waals surface area contributed by atoms with Crippen molar-refractivity contribution in [3.8, 4) is 5.75 Å². The number of fused-ring (bicyclic) bond motifs is 1. The van der Waals surface area contributed by atoms with E-state index in [1.807, 2.05) is 0 Å². The zero-order chi connectivity index (χ0) is 12.4. The Morgan fingerprint density at radius 2 is 2.35 bits per heavy atom. The normalized spacial score (nSPS) is 14.2. The van der Waals surface area contributed by atoms with Gasteiger partial charge in [-0.25, -0.2) is 4.39 Å². The molecule has 0 radical (unpaired) electrons. The molecule has 0 fully saturated rings. The number of rotatable bonds is 3. The largest absolute Gasteiger partial charge is 0.477 e. The SMILES string of the molecule is O=C1COc2ccc([N+](=O)[O-])nc2N1CCF. The number of amides is 1. The molecule has 0 saturated carbocycles. The summed E-state index contributed by atoms with van der Waals surface area (Å²) in [6.45, 7) is -1.16. The number of anilines is 1. The summed E-state index contributed by atoms with van der Waals surface area (Å²) in [5, 5.41) is 10.6. The van der Waals surface area contributed by atoms with Crippen LogP contribution in [0.3, 0.4) is 0 Å². The summed E-state index contributed by atoms with van der Waals surface area (Å²) in [6, 6.07) is 2.51. The van der Waals surface area contributed by atoms with Gasteiger partial charge in [-0.05, 0) is 16.0 Å². The van der Waals surface area contributed by atoms with E-state index in [9.17, 15) is 19.3 Å². The van der Waals surface area contributed by atoms with E-state index in [0.717, 1.165) is 4.90 Å². The van der Waals surface area contributed by atoms with Gasteiger partial charge < -0.3 is 14.9 Å². The first-order valence-electron chi connectivity index (χ1n) is 4.78. The third-order valence-corrected chi connectivity index (χ3v) is 2.23. The lowest BCUT2D eigenvalue weighted by atomic mass is 10.3. The molecule has 1 aromatic rings. The number of ether oxygens (including phenoxy) is 1. The molecular weight excluding hydrogens is 233 g/mol. The molecule has 0 saturated heterocycles. The topological polar surface area (TPSA) is 85.6 Å². The number of carbonyl (C=O) groups is 1. The predicted molar refractivity (Wildman–Crippen MR) is 54.7 cm³/mol. The van der Waals surface area contributed by atoms with Crippen LogP contribution in [0.25, 0.3) is 0 Å². The van der Waals surface area contributed by atoms with E-state index < -0.39 is 23.3 Å². The second-order valence-corrected chi connectivity index (χ2v) is 3.27. The van der Waals surface area contributed by atoms with Crippen LogP contribution >= 0.6 is 0 Å². The second kappa shape index (κ2) is 4.32. The summed E-state index contributed by atoms with van der Waals surface area (Å²) in [7, 11) is 0. The average Bonchev–Trinajstić information content (AvgIpc) is 2.32. The molecule has 1 aromatic heterocycles. The van der Waals surface area contributed by atoms with Crippen molar-refractivity contribution in [2.45, 2.75) is 0 Å². The van der Waals surface area contributed by atoms with Gasteiger partial charge in [0.25, 0.3) is 11.7 Å². The van der Waals surface area contributed by atoms with Crippen molar-refractivity contribution in [2.24, 2.45) is 0 Å². The smallest absolute Gasteiger partial charge is 0.366 e. The molecule has 0 N–H and O–H groups in total. The van der Waals surface area contributed by atoms with E-state index in [4.69, 9.17) is 4.74 Å². The Morgan fingerprint density at radius 3 is 3.00 bits per heavy atom. The number of carbonyl (C=O) groups excluding carboxylic acids is 1. The summed E-state index contributed by atoms with van der Waals surface area (Å²) in [6.07, 6.45) is 0. The van der Waals surface area contributed by atoms with Gasteiger partial charge in [-0.3, -0.25) is 9.69 Å². The number of hydrogen-bond acceptors (Lipinski definition) is 5. The Hall–Kier alpha value is -2.25. The third kappa shape index (κ3) is 2.01. The summed E-state index contributed by atoms with van der Waals surface area (Å²) < 4.78 is 17.4. The highest BCUT2D eigenvalue weighted by atomic mass is 19.1. The zero-order valence-corrected chi connectivity index (χ0v) is 8.63. The fourth-order valence-corrected chi connectivity index (χ4v) is 1.48. The number of hydrogen-bond donors (Lipinski definition) is 0. The maximum absolute atomic E-state index is 12.3. The molecular formula is C9H8FN3O4. The zero-order valence-electron chi connectivity index (χ0n) is 8.63. The van der Waals surface area contributed by atoms with Crippen molar-refractivity contribution in [2.75, 3.05) is 24.7 Å². The van der Waals surface area contributed by atoms with Crippen molar-refractivity contribution in [1.82, 2.24) is 4.98 Å². The van der Waals surface area contributed by atoms with Gasteiger partial charge in [-0.1, -0.05) is 0 Å². The molecule has 1 aliphatic heterocycles. The minimum absolute atomic E-state index is 0.00639. The van der Waals surface area contributed by atoms with E-state index >= 15 is 0 Å². The molecule has 1 amide bonds. The van der Waals surface area contributed by atoms with Gasteiger partial charge in [-0.15, -0.1) is 0 Å². The van der Waals surface area contributed by atoms with Crippen LogP contribution in [-0.2, 0) is 4.79 Å². The van der Waals surface area contributed by atoms with Crippen molar-refractivity contribution in [1.29, 1.82) is 0 Å². The van der Waals surface area contributed by atoms with Crippen LogP contribution in [0.15, 0.2) is 12.1 Å². The lowest BCUT2D eigenvalue weighted by Gasteiger charge is -2.24. The van der Waals surface area contributed by atoms with E-state index in [0.29, 0.717) is 0 Å². The van der Waals surface area contributed by atoms with Crippen LogP contribution in [-0.4, -0.2) is 35.6 Å². The summed E-state index contributed by atoms with van der Waals surface area (Å²) in [5.74, 6) is -0.647. The van der Waals surface area contributed by atoms with E-state index in [-0.39, 0.29) is 24.7 Å². The van der Waals surface area contributed by atoms with Crippen molar-refractivity contribution in [3.63, 3.8) is 0 Å². The highest BCUT2D eigenvalue weighted by molar-refractivity contribution is 5.96. The predicted octanol–water partition coefficient (Wildman–Crippen LogP) is 0.685. The highest BCUT2D eigenvalue weighted by Gasteiger charge is 2.31. The third-order valence-electron chi connectivity index (χ3n) is 2.23. The van der Waals surface area contributed by atoms with E-state index in [2.05, 4.69) is 4.98 Å². The van der Waals surface area contributed by atoms with Crippen LogP contribution in [0, 0.1) is 10.1 Å². The van der Waals surface area contributed by atoms with Crippen LogP contribution in [0.5, 0.6) is 5.75 Å². The van der Waals surface area contributed by atoms with Gasteiger partial charge >= 0.3 is 5.82 Å². The molecule has 0 unspecified atom stereocenters. The standard InChI is InChI=1S/C9H8FN3O4/c10-3-4-12-8(14)5-17-6-1-2-7(13(15)16)11-9(6)12/h1-2H,3-5H2. The summed E-state index contributed by atoms with van der Waals surface area (Å²) in [4.78, 5) is 26.0. The molecule has 17 heavy (non-hydrogen) atoms. The number of pyridine rings is 1. The average molecular weight is 241 g/mol. The lowest BCUT2D eigenvalue weighted by molar-refractivity contribution is -0.389. The van der Waals surface area contributed by atoms with Gasteiger partial charge in [0.05, 0.1) is 6.54 Å². The number of nitrogens with zero attached hydrogens (tertiary/aromatic N) is 3. The maximum atomic E-state index is 12.3. The molecule has 0 bridgehead atoms. The quantitative estimate of drug-likeness (QED) is 0.574. The van der Waals surface area contributed by atoms with Crippen molar-refractivity contribution in [3.05, 3.63) is 22.2 Å². The lowest BCUT2D eigenvalue weighted by Crippen LogP contribution is -2.40. The minimum atomic E-state index is -0.754. The fraction of sp³-hybridized carbons (Fsp3) is 0.333. The van der Waals surface area contributed by atoms with Crippen LogP contribution in [0.2, 0.25) is 0 Å². The molecule has 2 rings (SSSR count). The molecule has 2 heterocycles. The minimum Gasteiger partial charge on any atom is -0.477 e. The Bertz CT molecular complexity index is 479. The van der Waals surface area contributed by atoms with Gasteiger partial charge in [0.15, 0.2) is 12.4 Å². The molecule has 0 aromatic carbocycles. The van der Waals surface area contributed by atoms with Gasteiger partial charge in [-0.2, -0.15) is 0 Å². The summed E-state index contributed by atoms with van der Waals surface area (Å²) >= 11 is 0. The fourth-order valence-electron chi connectivity index (χ4n) is 1.48. The first-order valence-corrected chi connectivity index (χ1v) is 4.78. The van der Waals surface area contributed by atoms with E-state index in [1.54, 1.807) is 0 Å².